The molecule has 2 aromatic heterocycles. The van der Waals surface area contributed by atoms with Gasteiger partial charge in [-0.3, -0.25) is 15.2 Å². The molecule has 1 atom stereocenters. The Morgan fingerprint density at radius 2 is 2.25 bits per heavy atom. The fourth-order valence-corrected chi connectivity index (χ4v) is 1.91. The zero-order chi connectivity index (χ0) is 11.7. The lowest BCUT2D eigenvalue weighted by molar-refractivity contribution is 0.555. The standard InChI is InChI=1S/C9H13ClN6/c1-15-4-3-7(14-15)8(13-11)9-6(10)5-12-16(9)2/h3-5,8,13H,11H2,1-2H3. The molecule has 0 bridgehead atoms. The van der Waals surface area contributed by atoms with E-state index < -0.39 is 0 Å². The molecule has 0 fully saturated rings. The van der Waals surface area contributed by atoms with Gasteiger partial charge in [-0.2, -0.15) is 10.2 Å². The number of hydrazine groups is 1. The predicted octanol–water partition coefficient (Wildman–Crippen LogP) is 0.360. The molecule has 16 heavy (non-hydrogen) atoms. The largest absolute Gasteiger partial charge is 0.275 e. The van der Waals surface area contributed by atoms with Crippen molar-refractivity contribution in [3.8, 4) is 0 Å². The summed E-state index contributed by atoms with van der Waals surface area (Å²) in [5.74, 6) is 5.54. The van der Waals surface area contributed by atoms with E-state index in [0.717, 1.165) is 11.4 Å². The van der Waals surface area contributed by atoms with Gasteiger partial charge in [0.15, 0.2) is 0 Å². The Bertz CT molecular complexity index is 468. The molecular weight excluding hydrogens is 228 g/mol. The fourth-order valence-electron chi connectivity index (χ4n) is 1.64. The summed E-state index contributed by atoms with van der Waals surface area (Å²) < 4.78 is 3.39. The maximum Gasteiger partial charge on any atom is 0.108 e. The van der Waals surface area contributed by atoms with Crippen LogP contribution in [0.4, 0.5) is 0 Å². The van der Waals surface area contributed by atoms with Crippen LogP contribution in [0.1, 0.15) is 17.4 Å². The van der Waals surface area contributed by atoms with Crippen LogP contribution in [0.15, 0.2) is 18.5 Å². The summed E-state index contributed by atoms with van der Waals surface area (Å²) in [5, 5.41) is 8.93. The van der Waals surface area contributed by atoms with Gasteiger partial charge in [0.1, 0.15) is 6.04 Å². The molecule has 3 N–H and O–H groups in total. The molecule has 0 radical (unpaired) electrons. The zero-order valence-electron chi connectivity index (χ0n) is 9.05. The minimum atomic E-state index is -0.263. The molecule has 0 saturated heterocycles. The van der Waals surface area contributed by atoms with Gasteiger partial charge in [-0.05, 0) is 6.07 Å². The summed E-state index contributed by atoms with van der Waals surface area (Å²) in [5.41, 5.74) is 4.29. The van der Waals surface area contributed by atoms with Crippen molar-refractivity contribution in [1.29, 1.82) is 0 Å². The van der Waals surface area contributed by atoms with Crippen LogP contribution in [0.2, 0.25) is 5.02 Å². The second kappa shape index (κ2) is 4.25. The number of aryl methyl sites for hydroxylation is 2. The SMILES string of the molecule is Cn1ccc(C(NN)c2c(Cl)cnn2C)n1. The third-order valence-electron chi connectivity index (χ3n) is 2.41. The number of hydrogen-bond donors (Lipinski definition) is 2. The molecule has 0 aliphatic heterocycles. The van der Waals surface area contributed by atoms with E-state index >= 15 is 0 Å². The van der Waals surface area contributed by atoms with Crippen molar-refractivity contribution in [1.82, 2.24) is 25.0 Å². The van der Waals surface area contributed by atoms with Crippen molar-refractivity contribution in [3.63, 3.8) is 0 Å². The minimum absolute atomic E-state index is 0.263. The van der Waals surface area contributed by atoms with Crippen LogP contribution in [-0.2, 0) is 14.1 Å². The van der Waals surface area contributed by atoms with Gasteiger partial charge in [-0.1, -0.05) is 11.6 Å². The van der Waals surface area contributed by atoms with Crippen LogP contribution in [0.5, 0.6) is 0 Å². The molecule has 2 aromatic rings. The molecule has 7 heteroatoms. The lowest BCUT2D eigenvalue weighted by atomic mass is 10.1. The topological polar surface area (TPSA) is 73.7 Å². The normalized spacial score (nSPS) is 13.0. The molecule has 1 unspecified atom stereocenters. The molecular formula is C9H13ClN6. The molecule has 0 spiro atoms. The summed E-state index contributed by atoms with van der Waals surface area (Å²) in [6.07, 6.45) is 3.44. The van der Waals surface area contributed by atoms with E-state index in [-0.39, 0.29) is 6.04 Å². The maximum absolute atomic E-state index is 6.06. The number of nitrogens with zero attached hydrogens (tertiary/aromatic N) is 4. The van der Waals surface area contributed by atoms with E-state index in [1.807, 2.05) is 26.4 Å². The Balaban J connectivity index is 2.44. The van der Waals surface area contributed by atoms with Crippen molar-refractivity contribution in [2.45, 2.75) is 6.04 Å². The van der Waals surface area contributed by atoms with E-state index in [1.54, 1.807) is 15.6 Å². The monoisotopic (exact) mass is 240 g/mol. The Kier molecular flexibility index (Phi) is 2.95. The summed E-state index contributed by atoms with van der Waals surface area (Å²) in [4.78, 5) is 0. The van der Waals surface area contributed by atoms with Crippen molar-refractivity contribution in [2.24, 2.45) is 19.9 Å². The molecule has 6 nitrogen and oxygen atoms in total. The highest BCUT2D eigenvalue weighted by molar-refractivity contribution is 6.31. The fraction of sp³-hybridized carbons (Fsp3) is 0.333. The van der Waals surface area contributed by atoms with Crippen LogP contribution in [0.25, 0.3) is 0 Å². The predicted molar refractivity (Wildman–Crippen MR) is 60.6 cm³/mol. The summed E-state index contributed by atoms with van der Waals surface area (Å²) in [6, 6.07) is 1.62. The van der Waals surface area contributed by atoms with E-state index in [9.17, 15) is 0 Å². The quantitative estimate of drug-likeness (QED) is 0.600. The van der Waals surface area contributed by atoms with Gasteiger partial charge in [0.25, 0.3) is 0 Å². The highest BCUT2D eigenvalue weighted by Crippen LogP contribution is 2.25. The molecule has 0 amide bonds. The van der Waals surface area contributed by atoms with Gasteiger partial charge < -0.3 is 0 Å². The number of halogens is 1. The third-order valence-corrected chi connectivity index (χ3v) is 2.70. The van der Waals surface area contributed by atoms with Crippen molar-refractivity contribution in [2.75, 3.05) is 0 Å². The highest BCUT2D eigenvalue weighted by atomic mass is 35.5. The van der Waals surface area contributed by atoms with E-state index in [4.69, 9.17) is 17.4 Å². The van der Waals surface area contributed by atoms with E-state index in [0.29, 0.717) is 5.02 Å². The smallest absolute Gasteiger partial charge is 0.108 e. The molecule has 2 heterocycles. The van der Waals surface area contributed by atoms with Crippen LogP contribution < -0.4 is 11.3 Å². The van der Waals surface area contributed by atoms with Gasteiger partial charge in [0, 0.05) is 20.3 Å². The molecule has 0 aliphatic rings. The number of nitrogens with two attached hydrogens (primary N) is 1. The Morgan fingerprint density at radius 3 is 2.69 bits per heavy atom. The van der Waals surface area contributed by atoms with Crippen LogP contribution in [0.3, 0.4) is 0 Å². The first-order chi connectivity index (χ1) is 7.63. The second-order valence-corrected chi connectivity index (χ2v) is 3.92. The Hall–Kier alpha value is -1.37. The third kappa shape index (κ3) is 1.82. The number of hydrogen-bond acceptors (Lipinski definition) is 4. The lowest BCUT2D eigenvalue weighted by Gasteiger charge is -2.14. The van der Waals surface area contributed by atoms with Gasteiger partial charge >= 0.3 is 0 Å². The second-order valence-electron chi connectivity index (χ2n) is 3.52. The van der Waals surface area contributed by atoms with Gasteiger partial charge in [0.05, 0.1) is 22.6 Å². The molecule has 2 rings (SSSR count). The number of aromatic nitrogens is 4. The first-order valence-electron chi connectivity index (χ1n) is 4.76. The van der Waals surface area contributed by atoms with Gasteiger partial charge in [0.2, 0.25) is 0 Å². The maximum atomic E-state index is 6.06. The van der Waals surface area contributed by atoms with Crippen molar-refractivity contribution < 1.29 is 0 Å². The van der Waals surface area contributed by atoms with Crippen LogP contribution >= 0.6 is 11.6 Å². The summed E-state index contributed by atoms with van der Waals surface area (Å²) in [7, 11) is 3.66. The molecule has 0 aliphatic carbocycles. The molecule has 86 valence electrons. The Labute approximate surface area is 98.0 Å². The van der Waals surface area contributed by atoms with Crippen LogP contribution in [-0.4, -0.2) is 19.6 Å². The number of nitrogens with one attached hydrogen (secondary N) is 1. The first kappa shape index (κ1) is 11.1. The van der Waals surface area contributed by atoms with Gasteiger partial charge in [-0.15, -0.1) is 0 Å². The highest BCUT2D eigenvalue weighted by Gasteiger charge is 2.21. The molecule has 0 saturated carbocycles. The van der Waals surface area contributed by atoms with E-state index in [1.165, 1.54) is 0 Å². The number of rotatable bonds is 3. The Morgan fingerprint density at radius 1 is 1.50 bits per heavy atom. The van der Waals surface area contributed by atoms with Crippen molar-refractivity contribution in [3.05, 3.63) is 34.9 Å². The zero-order valence-corrected chi connectivity index (χ0v) is 9.81. The first-order valence-corrected chi connectivity index (χ1v) is 5.14. The minimum Gasteiger partial charge on any atom is -0.275 e. The summed E-state index contributed by atoms with van der Waals surface area (Å²) >= 11 is 6.06. The van der Waals surface area contributed by atoms with Crippen LogP contribution in [0, 0.1) is 0 Å². The summed E-state index contributed by atoms with van der Waals surface area (Å²) in [6.45, 7) is 0. The average molecular weight is 241 g/mol. The van der Waals surface area contributed by atoms with E-state index in [2.05, 4.69) is 15.6 Å². The molecule has 0 aromatic carbocycles. The van der Waals surface area contributed by atoms with Crippen molar-refractivity contribution >= 4 is 11.6 Å². The lowest BCUT2D eigenvalue weighted by Crippen LogP contribution is -2.31. The van der Waals surface area contributed by atoms with Gasteiger partial charge in [-0.25, -0.2) is 5.43 Å². The average Bonchev–Trinajstić information content (AvgIpc) is 2.80.